The van der Waals surface area contributed by atoms with Crippen LogP contribution in [0.2, 0.25) is 0 Å². The molecule has 6 nitrogen and oxygen atoms in total. The molecular formula is C15H12FNO5S. The molecule has 1 N–H and O–H groups in total. The second kappa shape index (κ2) is 5.24. The molecule has 0 fully saturated rings. The van der Waals surface area contributed by atoms with Gasteiger partial charge in [0.15, 0.2) is 6.73 Å². The van der Waals surface area contributed by atoms with Crippen molar-refractivity contribution in [3.8, 4) is 5.75 Å². The maximum Gasteiger partial charge on any atom is 0.335 e. The van der Waals surface area contributed by atoms with Gasteiger partial charge in [0.1, 0.15) is 16.5 Å². The van der Waals surface area contributed by atoms with Gasteiger partial charge in [-0.05, 0) is 36.8 Å². The average molecular weight is 337 g/mol. The number of carbonyl (C=O) groups is 1. The number of benzene rings is 2. The predicted octanol–water partition coefficient (Wildman–Crippen LogP) is 2.38. The largest absolute Gasteiger partial charge is 0.478 e. The molecule has 23 heavy (non-hydrogen) atoms. The van der Waals surface area contributed by atoms with Crippen molar-refractivity contribution < 1.29 is 27.4 Å². The molecule has 0 saturated carbocycles. The third-order valence-corrected chi connectivity index (χ3v) is 5.45. The molecule has 1 aliphatic rings. The molecule has 2 aromatic carbocycles. The number of aryl methyl sites for hydroxylation is 1. The van der Waals surface area contributed by atoms with Gasteiger partial charge in [-0.2, -0.15) is 0 Å². The standard InChI is InChI=1S/C15H12FNO5S/c1-9-3-2-4-13-14(9)23(20,21)17(8-22-13)12-6-5-10(15(18)19)7-11(12)16/h2-7H,8H2,1H3,(H,18,19). The lowest BCUT2D eigenvalue weighted by molar-refractivity contribution is 0.0696. The first-order chi connectivity index (χ1) is 10.8. The van der Waals surface area contributed by atoms with Gasteiger partial charge in [-0.15, -0.1) is 0 Å². The van der Waals surface area contributed by atoms with Crippen LogP contribution in [0.5, 0.6) is 5.75 Å². The van der Waals surface area contributed by atoms with Crippen molar-refractivity contribution in [2.75, 3.05) is 11.0 Å². The van der Waals surface area contributed by atoms with Crippen LogP contribution in [0.1, 0.15) is 15.9 Å². The summed E-state index contributed by atoms with van der Waals surface area (Å²) in [6, 6.07) is 7.85. The molecule has 0 unspecified atom stereocenters. The van der Waals surface area contributed by atoms with Gasteiger partial charge in [-0.25, -0.2) is 21.9 Å². The van der Waals surface area contributed by atoms with Gasteiger partial charge in [0.25, 0.3) is 10.0 Å². The summed E-state index contributed by atoms with van der Waals surface area (Å²) < 4.78 is 45.9. The fraction of sp³-hybridized carbons (Fsp3) is 0.133. The number of fused-ring (bicyclic) bond motifs is 1. The van der Waals surface area contributed by atoms with Crippen LogP contribution in [0.25, 0.3) is 0 Å². The molecule has 0 spiro atoms. The molecule has 0 radical (unpaired) electrons. The lowest BCUT2D eigenvalue weighted by Gasteiger charge is -2.31. The molecule has 1 aliphatic heterocycles. The molecule has 1 heterocycles. The topological polar surface area (TPSA) is 83.9 Å². The fourth-order valence-electron chi connectivity index (χ4n) is 2.42. The van der Waals surface area contributed by atoms with Crippen molar-refractivity contribution in [3.63, 3.8) is 0 Å². The summed E-state index contributed by atoms with van der Waals surface area (Å²) in [6.07, 6.45) is 0. The number of hydrogen-bond acceptors (Lipinski definition) is 4. The Kier molecular flexibility index (Phi) is 3.48. The molecule has 0 aliphatic carbocycles. The summed E-state index contributed by atoms with van der Waals surface area (Å²) in [6.45, 7) is 1.23. The molecule has 0 aromatic heterocycles. The number of carboxylic acid groups (broad SMARTS) is 1. The summed E-state index contributed by atoms with van der Waals surface area (Å²) in [7, 11) is -4.00. The van der Waals surface area contributed by atoms with E-state index in [9.17, 15) is 17.6 Å². The average Bonchev–Trinajstić information content (AvgIpc) is 2.47. The highest BCUT2D eigenvalue weighted by Crippen LogP contribution is 2.37. The van der Waals surface area contributed by atoms with Crippen molar-refractivity contribution >= 4 is 21.7 Å². The van der Waals surface area contributed by atoms with E-state index in [1.807, 2.05) is 0 Å². The Morgan fingerprint density at radius 3 is 2.70 bits per heavy atom. The highest BCUT2D eigenvalue weighted by molar-refractivity contribution is 7.93. The van der Waals surface area contributed by atoms with Crippen molar-refractivity contribution in [1.82, 2.24) is 0 Å². The second-order valence-electron chi connectivity index (χ2n) is 5.00. The highest BCUT2D eigenvalue weighted by Gasteiger charge is 2.35. The van der Waals surface area contributed by atoms with E-state index in [4.69, 9.17) is 9.84 Å². The first kappa shape index (κ1) is 15.3. The zero-order valence-corrected chi connectivity index (χ0v) is 12.8. The summed E-state index contributed by atoms with van der Waals surface area (Å²) >= 11 is 0. The number of ether oxygens (including phenoxy) is 1. The second-order valence-corrected chi connectivity index (χ2v) is 6.80. The van der Waals surface area contributed by atoms with E-state index >= 15 is 0 Å². The van der Waals surface area contributed by atoms with E-state index in [2.05, 4.69) is 0 Å². The van der Waals surface area contributed by atoms with Gasteiger partial charge >= 0.3 is 5.97 Å². The zero-order valence-electron chi connectivity index (χ0n) is 12.0. The monoisotopic (exact) mass is 337 g/mol. The lowest BCUT2D eigenvalue weighted by atomic mass is 10.2. The van der Waals surface area contributed by atoms with E-state index in [-0.39, 0.29) is 28.6 Å². The maximum absolute atomic E-state index is 14.2. The number of rotatable bonds is 2. The fourth-order valence-corrected chi connectivity index (χ4v) is 4.09. The number of halogens is 1. The first-order valence-electron chi connectivity index (χ1n) is 6.60. The number of anilines is 1. The van der Waals surface area contributed by atoms with E-state index in [1.54, 1.807) is 19.1 Å². The summed E-state index contributed by atoms with van der Waals surface area (Å²) in [4.78, 5) is 10.8. The molecule has 8 heteroatoms. The Morgan fingerprint density at radius 1 is 1.30 bits per heavy atom. The smallest absolute Gasteiger partial charge is 0.335 e. The van der Waals surface area contributed by atoms with Gasteiger partial charge in [-0.3, -0.25) is 0 Å². The molecule has 3 rings (SSSR count). The number of nitrogens with zero attached hydrogens (tertiary/aromatic N) is 1. The van der Waals surface area contributed by atoms with Crippen molar-refractivity contribution in [3.05, 3.63) is 53.3 Å². The minimum Gasteiger partial charge on any atom is -0.478 e. The molecule has 0 atom stereocenters. The van der Waals surface area contributed by atoms with Crippen LogP contribution in [-0.4, -0.2) is 26.2 Å². The van der Waals surface area contributed by atoms with Crippen LogP contribution >= 0.6 is 0 Å². The third-order valence-electron chi connectivity index (χ3n) is 3.52. The van der Waals surface area contributed by atoms with Crippen LogP contribution in [0.4, 0.5) is 10.1 Å². The van der Waals surface area contributed by atoms with Crippen LogP contribution in [-0.2, 0) is 10.0 Å². The van der Waals surface area contributed by atoms with Crippen LogP contribution in [0.15, 0.2) is 41.3 Å². The number of sulfonamides is 1. The molecule has 0 saturated heterocycles. The molecule has 2 aromatic rings. The molecular weight excluding hydrogens is 325 g/mol. The van der Waals surface area contributed by atoms with Gasteiger partial charge in [0.05, 0.1) is 11.3 Å². The van der Waals surface area contributed by atoms with E-state index in [0.29, 0.717) is 5.56 Å². The maximum atomic E-state index is 14.2. The van der Waals surface area contributed by atoms with Crippen LogP contribution in [0, 0.1) is 12.7 Å². The number of carboxylic acids is 1. The number of aromatic carboxylic acids is 1. The Hall–Kier alpha value is -2.61. The van der Waals surface area contributed by atoms with E-state index in [1.165, 1.54) is 6.07 Å². The zero-order chi connectivity index (χ0) is 16.8. The lowest BCUT2D eigenvalue weighted by Crippen LogP contribution is -2.39. The van der Waals surface area contributed by atoms with E-state index in [0.717, 1.165) is 22.5 Å². The van der Waals surface area contributed by atoms with Crippen molar-refractivity contribution in [1.29, 1.82) is 0 Å². The normalized spacial score (nSPS) is 15.7. The SMILES string of the molecule is Cc1cccc2c1S(=O)(=O)N(c1ccc(C(=O)O)cc1F)CO2. The Balaban J connectivity index is 2.13. The molecule has 0 amide bonds. The Morgan fingerprint density at radius 2 is 2.04 bits per heavy atom. The highest BCUT2D eigenvalue weighted by atomic mass is 32.2. The van der Waals surface area contributed by atoms with Crippen LogP contribution in [0.3, 0.4) is 0 Å². The Bertz CT molecular complexity index is 910. The van der Waals surface area contributed by atoms with Gasteiger partial charge in [0, 0.05) is 0 Å². The van der Waals surface area contributed by atoms with Crippen molar-refractivity contribution in [2.24, 2.45) is 0 Å². The minimum atomic E-state index is -4.00. The van der Waals surface area contributed by atoms with Gasteiger partial charge in [0.2, 0.25) is 0 Å². The number of hydrogen-bond donors (Lipinski definition) is 1. The predicted molar refractivity (Wildman–Crippen MR) is 79.7 cm³/mol. The van der Waals surface area contributed by atoms with Gasteiger partial charge < -0.3 is 9.84 Å². The van der Waals surface area contributed by atoms with Gasteiger partial charge in [-0.1, -0.05) is 12.1 Å². The molecule has 0 bridgehead atoms. The van der Waals surface area contributed by atoms with Crippen LogP contribution < -0.4 is 9.04 Å². The summed E-state index contributed by atoms with van der Waals surface area (Å²) in [5.41, 5.74) is -0.0446. The van der Waals surface area contributed by atoms with E-state index < -0.39 is 21.8 Å². The molecule has 120 valence electrons. The first-order valence-corrected chi connectivity index (χ1v) is 8.04. The van der Waals surface area contributed by atoms with Crippen molar-refractivity contribution in [2.45, 2.75) is 11.8 Å². The summed E-state index contributed by atoms with van der Waals surface area (Å²) in [5, 5.41) is 8.86. The summed E-state index contributed by atoms with van der Waals surface area (Å²) in [5.74, 6) is -2.03. The minimum absolute atomic E-state index is 0.0204. The quantitative estimate of drug-likeness (QED) is 0.909. The third kappa shape index (κ3) is 2.40. The Labute approximate surface area is 131 Å².